The van der Waals surface area contributed by atoms with Gasteiger partial charge in [0, 0.05) is 27.2 Å². The van der Waals surface area contributed by atoms with Crippen molar-refractivity contribution in [1.82, 2.24) is 0 Å². The molecule has 0 aliphatic heterocycles. The first-order chi connectivity index (χ1) is 9.69. The summed E-state index contributed by atoms with van der Waals surface area (Å²) < 4.78 is 6.80. The molecule has 0 spiro atoms. The molecule has 0 radical (unpaired) electrons. The smallest absolute Gasteiger partial charge is 0.162 e. The van der Waals surface area contributed by atoms with E-state index < -0.39 is 0 Å². The van der Waals surface area contributed by atoms with Crippen LogP contribution in [0.3, 0.4) is 0 Å². The average molecular weight is 331 g/mol. The third-order valence-corrected chi connectivity index (χ3v) is 4.00. The average Bonchev–Trinajstić information content (AvgIpc) is 2.82. The van der Waals surface area contributed by atoms with Crippen LogP contribution in [0.25, 0.3) is 21.9 Å². The van der Waals surface area contributed by atoms with Gasteiger partial charge in [-0.1, -0.05) is 29.3 Å². The number of hydrogen-bond donors (Lipinski definition) is 0. The van der Waals surface area contributed by atoms with E-state index in [1.165, 1.54) is 0 Å². The van der Waals surface area contributed by atoms with Gasteiger partial charge in [-0.15, -0.1) is 0 Å². The van der Waals surface area contributed by atoms with E-state index in [4.69, 9.17) is 4.42 Å². The van der Waals surface area contributed by atoms with Crippen LogP contribution in [-0.2, 0) is 0 Å². The van der Waals surface area contributed by atoms with Gasteiger partial charge in [-0.2, -0.15) is 0 Å². The Morgan fingerprint density at radius 2 is 1.80 bits per heavy atom. The number of Topliss-reactive ketones (excluding diaryl/α,β-unsaturated/α-hetero) is 1. The fourth-order valence-electron chi connectivity index (χ4n) is 2.40. The number of hydrogen-bond acceptors (Lipinski definition) is 2. The molecule has 0 saturated heterocycles. The summed E-state index contributed by atoms with van der Waals surface area (Å²) in [6.07, 6.45) is 2.59. The summed E-state index contributed by atoms with van der Waals surface area (Å²) in [5, 5.41) is 2.04. The van der Waals surface area contributed by atoms with Crippen molar-refractivity contribution in [3.8, 4) is 0 Å². The normalized spacial score (nSPS) is 11.3. The van der Waals surface area contributed by atoms with E-state index in [0.29, 0.717) is 6.42 Å². The first-order valence-electron chi connectivity index (χ1n) is 6.84. The summed E-state index contributed by atoms with van der Waals surface area (Å²) in [7, 11) is 0. The van der Waals surface area contributed by atoms with E-state index in [1.807, 2.05) is 36.4 Å². The van der Waals surface area contributed by atoms with Crippen LogP contribution in [0.15, 0.2) is 45.3 Å². The zero-order valence-electron chi connectivity index (χ0n) is 11.3. The van der Waals surface area contributed by atoms with Crippen molar-refractivity contribution in [2.24, 2.45) is 0 Å². The van der Waals surface area contributed by atoms with Gasteiger partial charge in [-0.25, -0.2) is 0 Å². The van der Waals surface area contributed by atoms with Gasteiger partial charge in [-0.3, -0.25) is 4.79 Å². The molecule has 1 heterocycles. The van der Waals surface area contributed by atoms with Crippen molar-refractivity contribution in [2.45, 2.75) is 26.2 Å². The van der Waals surface area contributed by atoms with Gasteiger partial charge in [0.15, 0.2) is 5.78 Å². The molecule has 3 heteroatoms. The second-order valence-electron chi connectivity index (χ2n) is 4.98. The van der Waals surface area contributed by atoms with E-state index in [-0.39, 0.29) is 5.78 Å². The molecule has 3 rings (SSSR count). The monoisotopic (exact) mass is 330 g/mol. The van der Waals surface area contributed by atoms with Crippen LogP contribution in [-0.4, -0.2) is 5.78 Å². The molecule has 0 atom stereocenters. The summed E-state index contributed by atoms with van der Waals surface area (Å²) >= 11 is 3.48. The number of unbranched alkanes of at least 4 members (excludes halogenated alkanes) is 1. The minimum Gasteiger partial charge on any atom is -0.456 e. The highest BCUT2D eigenvalue weighted by Crippen LogP contribution is 2.31. The molecule has 0 aliphatic carbocycles. The van der Waals surface area contributed by atoms with Crippen molar-refractivity contribution in [3.05, 3.63) is 46.4 Å². The Labute approximate surface area is 125 Å². The molecule has 3 aromatic rings. The number of fused-ring (bicyclic) bond motifs is 3. The number of halogens is 1. The van der Waals surface area contributed by atoms with Crippen LogP contribution in [0, 0.1) is 0 Å². The second kappa shape index (κ2) is 5.41. The summed E-state index contributed by atoms with van der Waals surface area (Å²) in [6.45, 7) is 2.09. The maximum absolute atomic E-state index is 12.1. The molecule has 1 aromatic heterocycles. The van der Waals surface area contributed by atoms with E-state index in [1.54, 1.807) is 0 Å². The molecule has 0 unspecified atom stereocenters. The molecule has 0 saturated carbocycles. The van der Waals surface area contributed by atoms with Crippen molar-refractivity contribution >= 4 is 43.7 Å². The molecule has 0 N–H and O–H groups in total. The molecule has 102 valence electrons. The Morgan fingerprint density at radius 1 is 1.10 bits per heavy atom. The topological polar surface area (TPSA) is 30.2 Å². The lowest BCUT2D eigenvalue weighted by Gasteiger charge is -2.00. The standard InChI is InChI=1S/C17H15BrO2/c1-2-3-4-15(19)11-5-7-16-13(9-11)14-10-12(18)6-8-17(14)20-16/h5-10H,2-4H2,1H3. The van der Waals surface area contributed by atoms with Gasteiger partial charge in [-0.05, 0) is 42.8 Å². The Kier molecular flexibility index (Phi) is 3.62. The quantitative estimate of drug-likeness (QED) is 0.572. The molecule has 0 amide bonds. The number of rotatable bonds is 4. The summed E-state index contributed by atoms with van der Waals surface area (Å²) in [5.74, 6) is 0.207. The third kappa shape index (κ3) is 2.38. The number of ketones is 1. The molecule has 2 aromatic carbocycles. The zero-order chi connectivity index (χ0) is 14.1. The fourth-order valence-corrected chi connectivity index (χ4v) is 2.77. The maximum atomic E-state index is 12.1. The summed E-state index contributed by atoms with van der Waals surface area (Å²) in [6, 6.07) is 11.6. The number of carbonyl (C=O) groups excluding carboxylic acids is 1. The van der Waals surface area contributed by atoms with Crippen molar-refractivity contribution < 1.29 is 9.21 Å². The number of furan rings is 1. The number of carbonyl (C=O) groups is 1. The van der Waals surface area contributed by atoms with E-state index in [2.05, 4.69) is 22.9 Å². The Bertz CT molecular complexity index is 786. The maximum Gasteiger partial charge on any atom is 0.162 e. The largest absolute Gasteiger partial charge is 0.456 e. The molecule has 20 heavy (non-hydrogen) atoms. The van der Waals surface area contributed by atoms with Gasteiger partial charge in [0.25, 0.3) is 0 Å². The first kappa shape index (κ1) is 13.4. The molecule has 0 aliphatic rings. The van der Waals surface area contributed by atoms with Gasteiger partial charge in [0.1, 0.15) is 11.2 Å². The second-order valence-corrected chi connectivity index (χ2v) is 5.90. The highest BCUT2D eigenvalue weighted by molar-refractivity contribution is 9.10. The lowest BCUT2D eigenvalue weighted by molar-refractivity contribution is 0.0980. The predicted octanol–water partition coefficient (Wildman–Crippen LogP) is 5.72. The highest BCUT2D eigenvalue weighted by Gasteiger charge is 2.11. The zero-order valence-corrected chi connectivity index (χ0v) is 12.9. The van der Waals surface area contributed by atoms with Gasteiger partial charge >= 0.3 is 0 Å². The van der Waals surface area contributed by atoms with Crippen molar-refractivity contribution in [1.29, 1.82) is 0 Å². The Hall–Kier alpha value is -1.61. The lowest BCUT2D eigenvalue weighted by Crippen LogP contribution is -1.97. The Balaban J connectivity index is 2.11. The molecule has 0 fully saturated rings. The lowest BCUT2D eigenvalue weighted by atomic mass is 10.0. The highest BCUT2D eigenvalue weighted by atomic mass is 79.9. The van der Waals surface area contributed by atoms with Crippen LogP contribution in [0.4, 0.5) is 0 Å². The van der Waals surface area contributed by atoms with Crippen LogP contribution in [0.5, 0.6) is 0 Å². The van der Waals surface area contributed by atoms with E-state index in [9.17, 15) is 4.79 Å². The summed E-state index contributed by atoms with van der Waals surface area (Å²) in [5.41, 5.74) is 2.44. The van der Waals surface area contributed by atoms with E-state index in [0.717, 1.165) is 44.8 Å². The Morgan fingerprint density at radius 3 is 2.55 bits per heavy atom. The molecular formula is C17H15BrO2. The van der Waals surface area contributed by atoms with Crippen LogP contribution >= 0.6 is 15.9 Å². The van der Waals surface area contributed by atoms with Gasteiger partial charge in [0.2, 0.25) is 0 Å². The molecule has 2 nitrogen and oxygen atoms in total. The van der Waals surface area contributed by atoms with E-state index >= 15 is 0 Å². The summed E-state index contributed by atoms with van der Waals surface area (Å²) in [4.78, 5) is 12.1. The third-order valence-electron chi connectivity index (χ3n) is 3.51. The fraction of sp³-hybridized carbons (Fsp3) is 0.235. The van der Waals surface area contributed by atoms with Crippen LogP contribution in [0.1, 0.15) is 36.5 Å². The molecular weight excluding hydrogens is 316 g/mol. The van der Waals surface area contributed by atoms with Crippen LogP contribution < -0.4 is 0 Å². The van der Waals surface area contributed by atoms with Gasteiger partial charge < -0.3 is 4.42 Å². The predicted molar refractivity (Wildman–Crippen MR) is 85.3 cm³/mol. The minimum atomic E-state index is 0.207. The SMILES string of the molecule is CCCCC(=O)c1ccc2oc3ccc(Br)cc3c2c1. The van der Waals surface area contributed by atoms with Crippen molar-refractivity contribution in [2.75, 3.05) is 0 Å². The minimum absolute atomic E-state index is 0.207. The first-order valence-corrected chi connectivity index (χ1v) is 7.63. The van der Waals surface area contributed by atoms with Crippen LogP contribution in [0.2, 0.25) is 0 Å². The van der Waals surface area contributed by atoms with Gasteiger partial charge in [0.05, 0.1) is 0 Å². The molecule has 0 bridgehead atoms. The van der Waals surface area contributed by atoms with Crippen molar-refractivity contribution in [3.63, 3.8) is 0 Å². The number of benzene rings is 2.